The van der Waals surface area contributed by atoms with Crippen LogP contribution in [0.4, 0.5) is 0 Å². The molecule has 0 heterocycles. The van der Waals surface area contributed by atoms with Crippen LogP contribution in [0.15, 0.2) is 0 Å². The van der Waals surface area contributed by atoms with E-state index in [1.54, 1.807) is 13.8 Å². The van der Waals surface area contributed by atoms with E-state index in [1.165, 1.54) is 13.8 Å². The molecule has 0 aromatic carbocycles. The van der Waals surface area contributed by atoms with Crippen LogP contribution in [0.5, 0.6) is 0 Å². The summed E-state index contributed by atoms with van der Waals surface area (Å²) >= 11 is 0. The van der Waals surface area contributed by atoms with Gasteiger partial charge >= 0.3 is 11.9 Å². The van der Waals surface area contributed by atoms with Crippen molar-refractivity contribution in [3.05, 3.63) is 0 Å². The van der Waals surface area contributed by atoms with Crippen molar-refractivity contribution in [2.45, 2.75) is 39.9 Å². The molecule has 0 unspecified atom stereocenters. The Labute approximate surface area is 71.8 Å². The Balaban J connectivity index is 3.83. The van der Waals surface area contributed by atoms with Gasteiger partial charge in [0.25, 0.3) is 0 Å². The van der Waals surface area contributed by atoms with Gasteiger partial charge in [-0.15, -0.1) is 0 Å². The number of ether oxygens (including phenoxy) is 2. The first-order valence-corrected chi connectivity index (χ1v) is 3.78. The molecular weight excluding hydrogens is 160 g/mol. The highest BCUT2D eigenvalue weighted by Crippen LogP contribution is 2.03. The zero-order valence-electron chi connectivity index (χ0n) is 7.79. The fourth-order valence-electron chi connectivity index (χ4n) is 0.715. The third-order valence-corrected chi connectivity index (χ3v) is 1.36. The molecule has 0 aliphatic rings. The zero-order valence-corrected chi connectivity index (χ0v) is 7.79. The summed E-state index contributed by atoms with van der Waals surface area (Å²) in [6, 6.07) is 0. The second-order valence-corrected chi connectivity index (χ2v) is 2.63. The molecule has 0 radical (unpaired) electrons. The lowest BCUT2D eigenvalue weighted by Crippen LogP contribution is -2.29. The number of hydrogen-bond donors (Lipinski definition) is 0. The molecule has 0 aliphatic heterocycles. The SMILES string of the molecule is CC(=O)O[C@@H](C)[C@H](C)OC(C)=O. The third-order valence-electron chi connectivity index (χ3n) is 1.36. The highest BCUT2D eigenvalue weighted by Gasteiger charge is 2.16. The molecule has 0 rings (SSSR count). The maximum Gasteiger partial charge on any atom is 0.303 e. The van der Waals surface area contributed by atoms with Gasteiger partial charge in [-0.05, 0) is 13.8 Å². The normalized spacial score (nSPS) is 14.7. The Morgan fingerprint density at radius 1 is 0.917 bits per heavy atom. The molecule has 0 aromatic rings. The van der Waals surface area contributed by atoms with Crippen molar-refractivity contribution >= 4 is 11.9 Å². The van der Waals surface area contributed by atoms with Crippen LogP contribution in [0.2, 0.25) is 0 Å². The van der Waals surface area contributed by atoms with E-state index in [0.717, 1.165) is 0 Å². The van der Waals surface area contributed by atoms with E-state index in [1.807, 2.05) is 0 Å². The molecule has 0 bridgehead atoms. The minimum Gasteiger partial charge on any atom is -0.459 e. The van der Waals surface area contributed by atoms with E-state index in [9.17, 15) is 9.59 Å². The topological polar surface area (TPSA) is 52.6 Å². The Hall–Kier alpha value is -1.06. The van der Waals surface area contributed by atoms with Gasteiger partial charge < -0.3 is 9.47 Å². The van der Waals surface area contributed by atoms with E-state index in [2.05, 4.69) is 0 Å². The molecule has 4 nitrogen and oxygen atoms in total. The van der Waals surface area contributed by atoms with Gasteiger partial charge in [0.05, 0.1) is 0 Å². The van der Waals surface area contributed by atoms with Crippen LogP contribution in [0.3, 0.4) is 0 Å². The summed E-state index contributed by atoms with van der Waals surface area (Å²) in [6.07, 6.45) is -0.794. The van der Waals surface area contributed by atoms with Crippen LogP contribution in [0, 0.1) is 0 Å². The standard InChI is InChI=1S/C8H14O4/c1-5(11-7(3)9)6(2)12-8(4)10/h5-6H,1-4H3/t5-,6-/m0/s1. The molecule has 0 aromatic heterocycles. The number of rotatable bonds is 3. The number of carbonyl (C=O) groups excluding carboxylic acids is 2. The summed E-state index contributed by atoms with van der Waals surface area (Å²) in [4.78, 5) is 21.0. The predicted octanol–water partition coefficient (Wildman–Crippen LogP) is 0.890. The summed E-state index contributed by atoms with van der Waals surface area (Å²) in [5.41, 5.74) is 0. The van der Waals surface area contributed by atoms with Gasteiger partial charge in [0.1, 0.15) is 12.2 Å². The number of hydrogen-bond acceptors (Lipinski definition) is 4. The quantitative estimate of drug-likeness (QED) is 0.596. The van der Waals surface area contributed by atoms with Crippen molar-refractivity contribution in [2.75, 3.05) is 0 Å². The molecule has 0 spiro atoms. The van der Waals surface area contributed by atoms with Crippen molar-refractivity contribution in [3.63, 3.8) is 0 Å². The first-order valence-electron chi connectivity index (χ1n) is 3.78. The van der Waals surface area contributed by atoms with Crippen LogP contribution >= 0.6 is 0 Å². The van der Waals surface area contributed by atoms with Gasteiger partial charge in [-0.25, -0.2) is 0 Å². The second-order valence-electron chi connectivity index (χ2n) is 2.63. The molecular formula is C8H14O4. The Kier molecular flexibility index (Phi) is 4.33. The lowest BCUT2D eigenvalue weighted by molar-refractivity contribution is -0.162. The van der Waals surface area contributed by atoms with E-state index in [4.69, 9.17) is 9.47 Å². The number of esters is 2. The molecule has 0 saturated carbocycles. The van der Waals surface area contributed by atoms with Crippen molar-refractivity contribution in [1.82, 2.24) is 0 Å². The minimum absolute atomic E-state index is 0.374. The molecule has 0 saturated heterocycles. The lowest BCUT2D eigenvalue weighted by atomic mass is 10.2. The van der Waals surface area contributed by atoms with Crippen LogP contribution in [0.1, 0.15) is 27.7 Å². The monoisotopic (exact) mass is 174 g/mol. The predicted molar refractivity (Wildman–Crippen MR) is 42.5 cm³/mol. The Morgan fingerprint density at radius 2 is 1.17 bits per heavy atom. The maximum atomic E-state index is 10.5. The van der Waals surface area contributed by atoms with Crippen molar-refractivity contribution < 1.29 is 19.1 Å². The molecule has 12 heavy (non-hydrogen) atoms. The van der Waals surface area contributed by atoms with Crippen molar-refractivity contribution in [1.29, 1.82) is 0 Å². The molecule has 2 atom stereocenters. The third kappa shape index (κ3) is 4.71. The second kappa shape index (κ2) is 4.74. The fourth-order valence-corrected chi connectivity index (χ4v) is 0.715. The van der Waals surface area contributed by atoms with Crippen LogP contribution in [-0.4, -0.2) is 24.1 Å². The largest absolute Gasteiger partial charge is 0.459 e. The highest BCUT2D eigenvalue weighted by atomic mass is 16.6. The fraction of sp³-hybridized carbons (Fsp3) is 0.750. The molecule has 0 fully saturated rings. The molecule has 0 N–H and O–H groups in total. The number of carbonyl (C=O) groups is 2. The Bertz CT molecular complexity index is 156. The average molecular weight is 174 g/mol. The first kappa shape index (κ1) is 10.9. The van der Waals surface area contributed by atoms with E-state index >= 15 is 0 Å². The smallest absolute Gasteiger partial charge is 0.303 e. The summed E-state index contributed by atoms with van der Waals surface area (Å²) in [7, 11) is 0. The molecule has 70 valence electrons. The summed E-state index contributed by atoms with van der Waals surface area (Å²) < 4.78 is 9.59. The van der Waals surface area contributed by atoms with E-state index in [-0.39, 0.29) is 11.9 Å². The van der Waals surface area contributed by atoms with Gasteiger partial charge in [-0.3, -0.25) is 9.59 Å². The summed E-state index contributed by atoms with van der Waals surface area (Å²) in [5, 5.41) is 0. The van der Waals surface area contributed by atoms with Gasteiger partial charge in [0.15, 0.2) is 0 Å². The van der Waals surface area contributed by atoms with Gasteiger partial charge in [0.2, 0.25) is 0 Å². The van der Waals surface area contributed by atoms with Crippen LogP contribution in [0.25, 0.3) is 0 Å². The summed E-state index contributed by atoms with van der Waals surface area (Å²) in [6.45, 7) is 5.98. The van der Waals surface area contributed by atoms with E-state index in [0.29, 0.717) is 0 Å². The Morgan fingerprint density at radius 3 is 1.33 bits per heavy atom. The van der Waals surface area contributed by atoms with Gasteiger partial charge in [-0.2, -0.15) is 0 Å². The maximum absolute atomic E-state index is 10.5. The molecule has 0 aliphatic carbocycles. The van der Waals surface area contributed by atoms with Gasteiger partial charge in [0, 0.05) is 13.8 Å². The van der Waals surface area contributed by atoms with Gasteiger partial charge in [-0.1, -0.05) is 0 Å². The van der Waals surface area contributed by atoms with Crippen LogP contribution in [-0.2, 0) is 19.1 Å². The van der Waals surface area contributed by atoms with Crippen LogP contribution < -0.4 is 0 Å². The molecule has 4 heteroatoms. The highest BCUT2D eigenvalue weighted by molar-refractivity contribution is 5.67. The average Bonchev–Trinajstić information content (AvgIpc) is 1.84. The first-order chi connectivity index (χ1) is 5.43. The van der Waals surface area contributed by atoms with Crippen molar-refractivity contribution in [2.24, 2.45) is 0 Å². The van der Waals surface area contributed by atoms with Crippen molar-refractivity contribution in [3.8, 4) is 0 Å². The zero-order chi connectivity index (χ0) is 9.72. The van der Waals surface area contributed by atoms with E-state index < -0.39 is 12.2 Å². The summed E-state index contributed by atoms with van der Waals surface area (Å²) in [5.74, 6) is -0.747. The lowest BCUT2D eigenvalue weighted by Gasteiger charge is -2.18. The molecule has 0 amide bonds. The minimum atomic E-state index is -0.397.